The molecule has 1 N–H and O–H groups in total. The Morgan fingerprint density at radius 2 is 2.53 bits per heavy atom. The first-order chi connectivity index (χ1) is 8.29. The van der Waals surface area contributed by atoms with E-state index < -0.39 is 5.97 Å². The predicted molar refractivity (Wildman–Crippen MR) is 56.6 cm³/mol. The number of esters is 1. The minimum absolute atomic E-state index is 0.0132. The molecule has 2 rings (SSSR count). The lowest BCUT2D eigenvalue weighted by Gasteiger charge is -2.21. The normalized spacial score (nSPS) is 20.2. The van der Waals surface area contributed by atoms with Gasteiger partial charge in [-0.05, 0) is 12.1 Å². The van der Waals surface area contributed by atoms with Gasteiger partial charge in [-0.25, -0.2) is 4.79 Å². The zero-order chi connectivity index (χ0) is 12.1. The van der Waals surface area contributed by atoms with Crippen molar-refractivity contribution < 1.29 is 18.8 Å². The molecular formula is C10H15N3O4. The van der Waals surface area contributed by atoms with Crippen LogP contribution >= 0.6 is 0 Å². The summed E-state index contributed by atoms with van der Waals surface area (Å²) in [6, 6.07) is 0. The van der Waals surface area contributed by atoms with Gasteiger partial charge in [0, 0.05) is 13.1 Å². The molecule has 0 bridgehead atoms. The fourth-order valence-corrected chi connectivity index (χ4v) is 1.56. The fourth-order valence-electron chi connectivity index (χ4n) is 1.56. The molecule has 1 aromatic heterocycles. The number of morpholine rings is 1. The standard InChI is InChI=1S/C10H15N3O4/c1-2-15-10(14)9-12-8(17-13-9)5-7-6-11-3-4-16-7/h7,11H,2-6H2,1H3. The Morgan fingerprint density at radius 3 is 3.24 bits per heavy atom. The van der Waals surface area contributed by atoms with Crippen molar-refractivity contribution in [3.8, 4) is 0 Å². The van der Waals surface area contributed by atoms with Gasteiger partial charge in [0.25, 0.3) is 5.82 Å². The molecule has 1 unspecified atom stereocenters. The first kappa shape index (κ1) is 12.0. The second-order valence-corrected chi connectivity index (χ2v) is 3.63. The van der Waals surface area contributed by atoms with Gasteiger partial charge < -0.3 is 19.3 Å². The van der Waals surface area contributed by atoms with Gasteiger partial charge in [-0.1, -0.05) is 0 Å². The average molecular weight is 241 g/mol. The van der Waals surface area contributed by atoms with Crippen LogP contribution in [0, 0.1) is 0 Å². The maximum absolute atomic E-state index is 11.3. The highest BCUT2D eigenvalue weighted by Crippen LogP contribution is 2.06. The van der Waals surface area contributed by atoms with Crippen LogP contribution in [0.3, 0.4) is 0 Å². The van der Waals surface area contributed by atoms with Crippen molar-refractivity contribution in [3.05, 3.63) is 11.7 Å². The van der Waals surface area contributed by atoms with E-state index in [-0.39, 0.29) is 11.9 Å². The van der Waals surface area contributed by atoms with Crippen molar-refractivity contribution in [1.82, 2.24) is 15.5 Å². The summed E-state index contributed by atoms with van der Waals surface area (Å²) in [4.78, 5) is 15.3. The maximum Gasteiger partial charge on any atom is 0.379 e. The number of nitrogens with zero attached hydrogens (tertiary/aromatic N) is 2. The topological polar surface area (TPSA) is 86.5 Å². The van der Waals surface area contributed by atoms with Crippen LogP contribution in [0.4, 0.5) is 0 Å². The highest BCUT2D eigenvalue weighted by Gasteiger charge is 2.20. The number of aromatic nitrogens is 2. The third-order valence-corrected chi connectivity index (χ3v) is 2.33. The number of nitrogens with one attached hydrogen (secondary N) is 1. The second kappa shape index (κ2) is 5.74. The van der Waals surface area contributed by atoms with Crippen LogP contribution in [-0.4, -0.2) is 48.5 Å². The van der Waals surface area contributed by atoms with E-state index in [9.17, 15) is 4.79 Å². The Kier molecular flexibility index (Phi) is 4.05. The molecule has 0 saturated carbocycles. The van der Waals surface area contributed by atoms with Crippen molar-refractivity contribution in [1.29, 1.82) is 0 Å². The summed E-state index contributed by atoms with van der Waals surface area (Å²) >= 11 is 0. The third-order valence-electron chi connectivity index (χ3n) is 2.33. The minimum Gasteiger partial charge on any atom is -0.460 e. The number of rotatable bonds is 4. The summed E-state index contributed by atoms with van der Waals surface area (Å²) < 4.78 is 15.2. The smallest absolute Gasteiger partial charge is 0.379 e. The molecule has 0 radical (unpaired) electrons. The molecule has 7 heteroatoms. The molecule has 0 amide bonds. The Labute approximate surface area is 98.5 Å². The van der Waals surface area contributed by atoms with Crippen LogP contribution in [0.1, 0.15) is 23.4 Å². The van der Waals surface area contributed by atoms with E-state index in [1.54, 1.807) is 6.92 Å². The lowest BCUT2D eigenvalue weighted by Crippen LogP contribution is -2.39. The van der Waals surface area contributed by atoms with Gasteiger partial charge in [0.1, 0.15) is 0 Å². The minimum atomic E-state index is -0.565. The summed E-state index contributed by atoms with van der Waals surface area (Å²) in [5.41, 5.74) is 0. The van der Waals surface area contributed by atoms with Crippen LogP contribution in [0.2, 0.25) is 0 Å². The molecule has 2 heterocycles. The molecule has 1 saturated heterocycles. The predicted octanol–water partition coefficient (Wildman–Crippen LogP) is -0.223. The van der Waals surface area contributed by atoms with Gasteiger partial charge in [0.2, 0.25) is 5.89 Å². The van der Waals surface area contributed by atoms with E-state index in [2.05, 4.69) is 15.5 Å². The monoisotopic (exact) mass is 241 g/mol. The zero-order valence-corrected chi connectivity index (χ0v) is 9.64. The number of hydrogen-bond donors (Lipinski definition) is 1. The molecule has 1 aromatic rings. The lowest BCUT2D eigenvalue weighted by molar-refractivity contribution is 0.0246. The van der Waals surface area contributed by atoms with E-state index in [1.807, 2.05) is 0 Å². The van der Waals surface area contributed by atoms with Gasteiger partial charge >= 0.3 is 5.97 Å². The van der Waals surface area contributed by atoms with E-state index in [0.29, 0.717) is 25.5 Å². The van der Waals surface area contributed by atoms with E-state index in [0.717, 1.165) is 13.1 Å². The summed E-state index contributed by atoms with van der Waals surface area (Å²) in [5.74, 6) is -0.211. The Bertz CT molecular complexity index is 373. The van der Waals surface area contributed by atoms with Gasteiger partial charge in [-0.3, -0.25) is 0 Å². The van der Waals surface area contributed by atoms with Gasteiger partial charge in [-0.2, -0.15) is 4.98 Å². The maximum atomic E-state index is 11.3. The van der Waals surface area contributed by atoms with Crippen molar-refractivity contribution >= 4 is 5.97 Å². The van der Waals surface area contributed by atoms with Gasteiger partial charge in [0.05, 0.1) is 25.7 Å². The molecule has 1 fully saturated rings. The van der Waals surface area contributed by atoms with Crippen LogP contribution in [0.5, 0.6) is 0 Å². The van der Waals surface area contributed by atoms with E-state index in [1.165, 1.54) is 0 Å². The third kappa shape index (κ3) is 3.24. The fraction of sp³-hybridized carbons (Fsp3) is 0.700. The SMILES string of the molecule is CCOC(=O)c1noc(CC2CNCCO2)n1. The molecule has 1 atom stereocenters. The van der Waals surface area contributed by atoms with Crippen molar-refractivity contribution in [2.75, 3.05) is 26.3 Å². The average Bonchev–Trinajstić information content (AvgIpc) is 2.79. The van der Waals surface area contributed by atoms with E-state index >= 15 is 0 Å². The Balaban J connectivity index is 1.91. The van der Waals surface area contributed by atoms with Crippen molar-refractivity contribution in [2.45, 2.75) is 19.4 Å². The molecule has 0 spiro atoms. The molecule has 94 valence electrons. The molecule has 0 aromatic carbocycles. The van der Waals surface area contributed by atoms with Crippen LogP contribution in [0.15, 0.2) is 4.52 Å². The van der Waals surface area contributed by atoms with Crippen LogP contribution < -0.4 is 5.32 Å². The quantitative estimate of drug-likeness (QED) is 0.729. The summed E-state index contributed by atoms with van der Waals surface area (Å²) in [5, 5.41) is 6.76. The van der Waals surface area contributed by atoms with Gasteiger partial charge in [-0.15, -0.1) is 0 Å². The molecule has 1 aliphatic rings. The van der Waals surface area contributed by atoms with Crippen molar-refractivity contribution in [2.24, 2.45) is 0 Å². The summed E-state index contributed by atoms with van der Waals surface area (Å²) in [6.07, 6.45) is 0.513. The number of carbonyl (C=O) groups excluding carboxylic acids is 1. The largest absolute Gasteiger partial charge is 0.460 e. The highest BCUT2D eigenvalue weighted by atomic mass is 16.5. The second-order valence-electron chi connectivity index (χ2n) is 3.63. The first-order valence-corrected chi connectivity index (χ1v) is 5.61. The molecule has 17 heavy (non-hydrogen) atoms. The summed E-state index contributed by atoms with van der Waals surface area (Å²) in [7, 11) is 0. The Hall–Kier alpha value is -1.47. The first-order valence-electron chi connectivity index (χ1n) is 5.61. The molecule has 7 nitrogen and oxygen atoms in total. The number of hydrogen-bond acceptors (Lipinski definition) is 7. The van der Waals surface area contributed by atoms with Gasteiger partial charge in [0.15, 0.2) is 0 Å². The lowest BCUT2D eigenvalue weighted by atomic mass is 10.2. The van der Waals surface area contributed by atoms with Crippen LogP contribution in [-0.2, 0) is 15.9 Å². The van der Waals surface area contributed by atoms with E-state index in [4.69, 9.17) is 14.0 Å². The number of carbonyl (C=O) groups is 1. The van der Waals surface area contributed by atoms with Crippen molar-refractivity contribution in [3.63, 3.8) is 0 Å². The highest BCUT2D eigenvalue weighted by molar-refractivity contribution is 5.84. The molecule has 1 aliphatic heterocycles. The zero-order valence-electron chi connectivity index (χ0n) is 9.64. The molecular weight excluding hydrogens is 226 g/mol. The number of ether oxygens (including phenoxy) is 2. The summed E-state index contributed by atoms with van der Waals surface area (Å²) in [6.45, 7) is 4.29. The molecule has 0 aliphatic carbocycles. The Morgan fingerprint density at radius 1 is 1.65 bits per heavy atom. The van der Waals surface area contributed by atoms with Crippen LogP contribution in [0.25, 0.3) is 0 Å².